The van der Waals surface area contributed by atoms with Crippen LogP contribution in [-0.2, 0) is 19.6 Å². The predicted octanol–water partition coefficient (Wildman–Crippen LogP) is -0.0609. The number of piperazine rings is 1. The third-order valence-electron chi connectivity index (χ3n) is 5.69. The monoisotopic (exact) mass is 466 g/mol. The second kappa shape index (κ2) is 10.1. The molecule has 1 saturated heterocycles. The summed E-state index contributed by atoms with van der Waals surface area (Å²) in [6, 6.07) is 4.85. The fourth-order valence-electron chi connectivity index (χ4n) is 3.70. The molecule has 2 N–H and O–H groups in total. The van der Waals surface area contributed by atoms with Gasteiger partial charge in [-0.25, -0.2) is 13.1 Å². The van der Waals surface area contributed by atoms with Crippen LogP contribution >= 0.6 is 0 Å². The highest BCUT2D eigenvalue weighted by atomic mass is 32.2. The topological polar surface area (TPSA) is 117 Å². The number of amides is 2. The van der Waals surface area contributed by atoms with E-state index in [0.717, 1.165) is 19.3 Å². The third kappa shape index (κ3) is 6.11. The Kier molecular flexibility index (Phi) is 7.17. The van der Waals surface area contributed by atoms with Crippen molar-refractivity contribution in [2.24, 2.45) is 0 Å². The van der Waals surface area contributed by atoms with Crippen molar-refractivity contribution in [1.29, 1.82) is 0 Å². The number of benzene rings is 1. The number of hydrogen-bond acceptors (Lipinski definition) is 7. The first kappa shape index (κ1) is 22.8. The van der Waals surface area contributed by atoms with Gasteiger partial charge >= 0.3 is 0 Å². The molecule has 2 aliphatic heterocycles. The van der Waals surface area contributed by atoms with Crippen LogP contribution in [0.15, 0.2) is 23.1 Å². The first-order valence-corrected chi connectivity index (χ1v) is 12.6. The summed E-state index contributed by atoms with van der Waals surface area (Å²) in [5.41, 5.74) is 0. The summed E-state index contributed by atoms with van der Waals surface area (Å²) in [5.74, 6) is 0.871. The van der Waals surface area contributed by atoms with Crippen LogP contribution < -0.4 is 19.5 Å². The van der Waals surface area contributed by atoms with Crippen molar-refractivity contribution in [1.82, 2.24) is 19.8 Å². The van der Waals surface area contributed by atoms with Crippen molar-refractivity contribution >= 4 is 21.8 Å². The molecule has 0 unspecified atom stereocenters. The highest BCUT2D eigenvalue weighted by Crippen LogP contribution is 2.31. The Hall–Kier alpha value is -2.37. The molecule has 0 radical (unpaired) electrons. The Morgan fingerprint density at radius 3 is 2.47 bits per heavy atom. The van der Waals surface area contributed by atoms with Crippen molar-refractivity contribution in [3.05, 3.63) is 18.2 Å². The summed E-state index contributed by atoms with van der Waals surface area (Å²) >= 11 is 0. The Morgan fingerprint density at radius 2 is 1.75 bits per heavy atom. The molecular weight excluding hydrogens is 436 g/mol. The van der Waals surface area contributed by atoms with Gasteiger partial charge in [0.2, 0.25) is 21.8 Å². The van der Waals surface area contributed by atoms with Gasteiger partial charge in [-0.05, 0) is 25.0 Å². The second-order valence-corrected chi connectivity index (χ2v) is 10.1. The minimum atomic E-state index is -3.77. The van der Waals surface area contributed by atoms with Crippen molar-refractivity contribution in [2.45, 2.75) is 36.6 Å². The van der Waals surface area contributed by atoms with Crippen molar-refractivity contribution in [3.63, 3.8) is 0 Å². The first-order valence-electron chi connectivity index (χ1n) is 11.1. The highest BCUT2D eigenvalue weighted by Gasteiger charge is 2.26. The Bertz CT molecular complexity index is 942. The van der Waals surface area contributed by atoms with Crippen LogP contribution in [0, 0.1) is 0 Å². The molecule has 1 aliphatic carbocycles. The van der Waals surface area contributed by atoms with Crippen molar-refractivity contribution in [2.75, 3.05) is 52.5 Å². The molecule has 1 aromatic rings. The van der Waals surface area contributed by atoms with E-state index in [4.69, 9.17) is 9.47 Å². The largest absolute Gasteiger partial charge is 0.490 e. The molecule has 11 heteroatoms. The smallest absolute Gasteiger partial charge is 0.240 e. The lowest BCUT2D eigenvalue weighted by atomic mass is 10.2. The number of nitrogens with one attached hydrogen (secondary N) is 2. The summed E-state index contributed by atoms with van der Waals surface area (Å²) in [6.07, 6.45) is 2.93. The van der Waals surface area contributed by atoms with Gasteiger partial charge in [-0.1, -0.05) is 0 Å². The molecule has 2 amide bonds. The number of nitrogens with zero attached hydrogens (tertiary/aromatic N) is 2. The van der Waals surface area contributed by atoms with E-state index in [0.29, 0.717) is 63.5 Å². The number of sulfonamides is 1. The van der Waals surface area contributed by atoms with Gasteiger partial charge in [0.1, 0.15) is 0 Å². The van der Waals surface area contributed by atoms with Crippen LogP contribution in [-0.4, -0.2) is 88.6 Å². The van der Waals surface area contributed by atoms with Crippen LogP contribution in [0.3, 0.4) is 0 Å². The Labute approximate surface area is 188 Å². The van der Waals surface area contributed by atoms with Gasteiger partial charge in [-0.2, -0.15) is 0 Å². The molecule has 2 heterocycles. The maximum atomic E-state index is 12.6. The van der Waals surface area contributed by atoms with Gasteiger partial charge in [0.15, 0.2) is 11.5 Å². The van der Waals surface area contributed by atoms with Gasteiger partial charge in [0.25, 0.3) is 0 Å². The highest BCUT2D eigenvalue weighted by molar-refractivity contribution is 7.89. The molecule has 176 valence electrons. The molecule has 0 spiro atoms. The van der Waals surface area contributed by atoms with E-state index in [9.17, 15) is 18.0 Å². The summed E-state index contributed by atoms with van der Waals surface area (Å²) in [7, 11) is -3.77. The van der Waals surface area contributed by atoms with E-state index in [1.807, 2.05) is 4.90 Å². The Balaban J connectivity index is 1.20. The lowest BCUT2D eigenvalue weighted by Gasteiger charge is -2.34. The van der Waals surface area contributed by atoms with Crippen molar-refractivity contribution in [3.8, 4) is 11.5 Å². The molecule has 0 aromatic heterocycles. The average molecular weight is 467 g/mol. The number of carbonyl (C=O) groups is 2. The average Bonchev–Trinajstić information content (AvgIpc) is 3.60. The van der Waals surface area contributed by atoms with Crippen LogP contribution in [0.2, 0.25) is 0 Å². The minimum absolute atomic E-state index is 0.0135. The van der Waals surface area contributed by atoms with Crippen LogP contribution in [0.25, 0.3) is 0 Å². The maximum Gasteiger partial charge on any atom is 0.240 e. The molecule has 0 atom stereocenters. The van der Waals surface area contributed by atoms with E-state index in [2.05, 4.69) is 10.0 Å². The number of rotatable bonds is 8. The lowest BCUT2D eigenvalue weighted by molar-refractivity contribution is -0.133. The third-order valence-corrected chi connectivity index (χ3v) is 7.15. The molecule has 1 aromatic carbocycles. The van der Waals surface area contributed by atoms with Crippen LogP contribution in [0.5, 0.6) is 11.5 Å². The molecular formula is C21H30N4O6S. The van der Waals surface area contributed by atoms with E-state index in [-0.39, 0.29) is 29.7 Å². The number of carbonyl (C=O) groups excluding carboxylic acids is 2. The molecule has 0 bridgehead atoms. The van der Waals surface area contributed by atoms with Gasteiger partial charge in [-0.3, -0.25) is 14.5 Å². The summed E-state index contributed by atoms with van der Waals surface area (Å²) in [5, 5.41) is 2.97. The minimum Gasteiger partial charge on any atom is -0.490 e. The Morgan fingerprint density at radius 1 is 1.03 bits per heavy atom. The van der Waals surface area contributed by atoms with E-state index in [1.54, 1.807) is 11.0 Å². The zero-order valence-corrected chi connectivity index (χ0v) is 18.9. The molecule has 4 rings (SSSR count). The zero-order chi connectivity index (χ0) is 22.6. The van der Waals surface area contributed by atoms with Gasteiger partial charge < -0.3 is 19.7 Å². The van der Waals surface area contributed by atoms with Crippen LogP contribution in [0.4, 0.5) is 0 Å². The lowest BCUT2D eigenvalue weighted by Crippen LogP contribution is -2.51. The fraction of sp³-hybridized carbons (Fsp3) is 0.619. The molecule has 3 aliphatic rings. The predicted molar refractivity (Wildman–Crippen MR) is 116 cm³/mol. The van der Waals surface area contributed by atoms with E-state index >= 15 is 0 Å². The van der Waals surface area contributed by atoms with Gasteiger partial charge in [0, 0.05) is 57.7 Å². The standard InChI is InChI=1S/C21H30N4O6S/c26-20(23-16-2-3-16)15-24-8-10-25(11-9-24)21(27)6-7-22-32(28,29)17-4-5-18-19(14-17)31-13-1-12-30-18/h4-5,14,16,22H,1-3,6-13,15H2,(H,23,26). The van der Waals surface area contributed by atoms with Gasteiger partial charge in [0.05, 0.1) is 24.7 Å². The molecule has 10 nitrogen and oxygen atoms in total. The van der Waals surface area contributed by atoms with Gasteiger partial charge in [-0.15, -0.1) is 0 Å². The quantitative estimate of drug-likeness (QED) is 0.551. The normalized spacial score (nSPS) is 19.3. The summed E-state index contributed by atoms with van der Waals surface area (Å²) < 4.78 is 38.8. The van der Waals surface area contributed by atoms with E-state index < -0.39 is 10.0 Å². The summed E-state index contributed by atoms with van der Waals surface area (Å²) in [4.78, 5) is 28.2. The number of fused-ring (bicyclic) bond motifs is 1. The number of hydrogen-bond donors (Lipinski definition) is 2. The molecule has 2 fully saturated rings. The first-order chi connectivity index (χ1) is 15.4. The number of ether oxygens (including phenoxy) is 2. The van der Waals surface area contributed by atoms with Crippen molar-refractivity contribution < 1.29 is 27.5 Å². The second-order valence-electron chi connectivity index (χ2n) is 8.31. The molecule has 1 saturated carbocycles. The van der Waals surface area contributed by atoms with Crippen LogP contribution in [0.1, 0.15) is 25.7 Å². The zero-order valence-electron chi connectivity index (χ0n) is 18.0. The fourth-order valence-corrected chi connectivity index (χ4v) is 4.75. The van der Waals surface area contributed by atoms with E-state index in [1.165, 1.54) is 12.1 Å². The summed E-state index contributed by atoms with van der Waals surface area (Å²) in [6.45, 7) is 3.69. The SMILES string of the molecule is O=C(CN1CCN(C(=O)CCNS(=O)(=O)c2ccc3c(c2)OCCCO3)CC1)NC1CC1. The molecule has 32 heavy (non-hydrogen) atoms. The maximum absolute atomic E-state index is 12.6.